The summed E-state index contributed by atoms with van der Waals surface area (Å²) in [6.45, 7) is 0. The minimum atomic E-state index is -1.26. The molecule has 80 valence electrons. The van der Waals surface area contributed by atoms with Crippen molar-refractivity contribution in [1.29, 1.82) is 0 Å². The zero-order chi connectivity index (χ0) is 11.3. The molecule has 0 amide bonds. The second-order valence-corrected chi connectivity index (χ2v) is 2.71. The first kappa shape index (κ1) is 10.9. The molecule has 0 aliphatic carbocycles. The number of aliphatic carboxylic acids is 2. The van der Waals surface area contributed by atoms with Gasteiger partial charge in [0.25, 0.3) is 0 Å². The standard InChI is InChI=1S/C8H9N3O4/c12-6(13)4-5(7(14)15)11-8-9-2-1-3-10-8/h1-3,5H,4H2,(H,12,13)(H,14,15)(H,9,10,11)/t5-/m1/s1. The van der Waals surface area contributed by atoms with E-state index in [-0.39, 0.29) is 5.95 Å². The molecule has 0 radical (unpaired) electrons. The van der Waals surface area contributed by atoms with Gasteiger partial charge in [-0.2, -0.15) is 0 Å². The van der Waals surface area contributed by atoms with Gasteiger partial charge >= 0.3 is 11.9 Å². The van der Waals surface area contributed by atoms with E-state index in [1.54, 1.807) is 6.07 Å². The fourth-order valence-electron chi connectivity index (χ4n) is 0.904. The summed E-state index contributed by atoms with van der Waals surface area (Å²) in [6, 6.07) is 0.336. The number of anilines is 1. The molecule has 7 nitrogen and oxygen atoms in total. The van der Waals surface area contributed by atoms with Crippen LogP contribution in [0.4, 0.5) is 5.95 Å². The molecule has 0 saturated heterocycles. The summed E-state index contributed by atoms with van der Waals surface area (Å²) in [5, 5.41) is 19.6. The monoisotopic (exact) mass is 211 g/mol. The fraction of sp³-hybridized carbons (Fsp3) is 0.250. The van der Waals surface area contributed by atoms with Crippen LogP contribution in [0.15, 0.2) is 18.5 Å². The Bertz CT molecular complexity index is 354. The van der Waals surface area contributed by atoms with Crippen LogP contribution in [0.5, 0.6) is 0 Å². The molecule has 0 spiro atoms. The van der Waals surface area contributed by atoms with Crippen LogP contribution in [-0.4, -0.2) is 38.2 Å². The number of hydrogen-bond acceptors (Lipinski definition) is 5. The molecule has 1 heterocycles. The van der Waals surface area contributed by atoms with Crippen molar-refractivity contribution in [3.05, 3.63) is 18.5 Å². The van der Waals surface area contributed by atoms with Crippen LogP contribution in [-0.2, 0) is 9.59 Å². The van der Waals surface area contributed by atoms with E-state index in [2.05, 4.69) is 15.3 Å². The molecular weight excluding hydrogens is 202 g/mol. The van der Waals surface area contributed by atoms with Gasteiger partial charge in [0, 0.05) is 12.4 Å². The fourth-order valence-corrected chi connectivity index (χ4v) is 0.904. The van der Waals surface area contributed by atoms with Crippen molar-refractivity contribution in [1.82, 2.24) is 9.97 Å². The minimum absolute atomic E-state index is 0.0890. The Labute approximate surface area is 84.8 Å². The van der Waals surface area contributed by atoms with Gasteiger partial charge in [-0.3, -0.25) is 4.79 Å². The molecule has 0 aliphatic heterocycles. The van der Waals surface area contributed by atoms with Crippen LogP contribution in [0.25, 0.3) is 0 Å². The van der Waals surface area contributed by atoms with E-state index in [1.165, 1.54) is 12.4 Å². The van der Waals surface area contributed by atoms with Gasteiger partial charge in [-0.25, -0.2) is 14.8 Å². The molecule has 0 saturated carbocycles. The third-order valence-electron chi connectivity index (χ3n) is 1.55. The van der Waals surface area contributed by atoms with Crippen LogP contribution in [0.3, 0.4) is 0 Å². The molecule has 0 fully saturated rings. The van der Waals surface area contributed by atoms with E-state index in [4.69, 9.17) is 10.2 Å². The van der Waals surface area contributed by atoms with Crippen molar-refractivity contribution >= 4 is 17.9 Å². The highest BCUT2D eigenvalue weighted by molar-refractivity contribution is 5.82. The van der Waals surface area contributed by atoms with Gasteiger partial charge in [0.15, 0.2) is 0 Å². The highest BCUT2D eigenvalue weighted by Gasteiger charge is 2.21. The molecule has 0 unspecified atom stereocenters. The zero-order valence-corrected chi connectivity index (χ0v) is 7.62. The van der Waals surface area contributed by atoms with E-state index >= 15 is 0 Å². The maximum atomic E-state index is 10.7. The summed E-state index contributed by atoms with van der Waals surface area (Å²) in [4.78, 5) is 28.5. The highest BCUT2D eigenvalue weighted by Crippen LogP contribution is 2.02. The van der Waals surface area contributed by atoms with E-state index in [1.807, 2.05) is 0 Å². The van der Waals surface area contributed by atoms with Crippen molar-refractivity contribution in [3.63, 3.8) is 0 Å². The first-order valence-electron chi connectivity index (χ1n) is 4.07. The molecule has 1 aromatic heterocycles. The summed E-state index contributed by atoms with van der Waals surface area (Å²) in [6.07, 6.45) is 2.32. The number of nitrogens with zero attached hydrogens (tertiary/aromatic N) is 2. The topological polar surface area (TPSA) is 112 Å². The molecular formula is C8H9N3O4. The minimum Gasteiger partial charge on any atom is -0.481 e. The predicted molar refractivity (Wildman–Crippen MR) is 49.3 cm³/mol. The Morgan fingerprint density at radius 2 is 1.93 bits per heavy atom. The Morgan fingerprint density at radius 3 is 2.40 bits per heavy atom. The average Bonchev–Trinajstić information content (AvgIpc) is 2.17. The van der Waals surface area contributed by atoms with Crippen molar-refractivity contribution in [3.8, 4) is 0 Å². The molecule has 7 heteroatoms. The first-order chi connectivity index (χ1) is 7.09. The van der Waals surface area contributed by atoms with Crippen molar-refractivity contribution in [2.45, 2.75) is 12.5 Å². The number of carboxylic acids is 2. The van der Waals surface area contributed by atoms with Crippen LogP contribution in [0.1, 0.15) is 6.42 Å². The molecule has 0 aromatic carbocycles. The Morgan fingerprint density at radius 1 is 1.33 bits per heavy atom. The first-order valence-corrected chi connectivity index (χ1v) is 4.07. The lowest BCUT2D eigenvalue weighted by Gasteiger charge is -2.11. The third kappa shape index (κ3) is 3.59. The predicted octanol–water partition coefficient (Wildman–Crippen LogP) is -0.184. The highest BCUT2D eigenvalue weighted by atomic mass is 16.4. The summed E-state index contributed by atoms with van der Waals surface area (Å²) in [5.41, 5.74) is 0. The lowest BCUT2D eigenvalue weighted by molar-refractivity contribution is -0.144. The van der Waals surface area contributed by atoms with Gasteiger partial charge < -0.3 is 15.5 Å². The van der Waals surface area contributed by atoms with Crippen LogP contribution in [0.2, 0.25) is 0 Å². The number of carboxylic acid groups (broad SMARTS) is 2. The smallest absolute Gasteiger partial charge is 0.326 e. The SMILES string of the molecule is O=C(O)C[C@@H](Nc1ncccn1)C(=O)O. The molecule has 0 aliphatic rings. The summed E-state index contributed by atoms with van der Waals surface area (Å²) in [5.74, 6) is -2.37. The van der Waals surface area contributed by atoms with Gasteiger partial charge in [0.05, 0.1) is 6.42 Å². The largest absolute Gasteiger partial charge is 0.481 e. The summed E-state index contributed by atoms with van der Waals surface area (Å²) >= 11 is 0. The number of hydrogen-bond donors (Lipinski definition) is 3. The van der Waals surface area contributed by atoms with Gasteiger partial charge in [0.2, 0.25) is 5.95 Å². The van der Waals surface area contributed by atoms with E-state index < -0.39 is 24.4 Å². The third-order valence-corrected chi connectivity index (χ3v) is 1.55. The van der Waals surface area contributed by atoms with Crippen LogP contribution in [0, 0.1) is 0 Å². The number of nitrogens with one attached hydrogen (secondary N) is 1. The quantitative estimate of drug-likeness (QED) is 0.618. The lowest BCUT2D eigenvalue weighted by atomic mass is 10.2. The normalized spacial score (nSPS) is 11.7. The number of rotatable bonds is 5. The van der Waals surface area contributed by atoms with Gasteiger partial charge in [-0.05, 0) is 6.07 Å². The Kier molecular flexibility index (Phi) is 3.55. The number of carbonyl (C=O) groups is 2. The van der Waals surface area contributed by atoms with E-state index in [0.717, 1.165) is 0 Å². The molecule has 1 rings (SSSR count). The molecule has 1 aromatic rings. The molecule has 15 heavy (non-hydrogen) atoms. The van der Waals surface area contributed by atoms with Gasteiger partial charge in [0.1, 0.15) is 6.04 Å². The zero-order valence-electron chi connectivity index (χ0n) is 7.62. The van der Waals surface area contributed by atoms with Crippen LogP contribution >= 0.6 is 0 Å². The second-order valence-electron chi connectivity index (χ2n) is 2.71. The maximum absolute atomic E-state index is 10.7. The van der Waals surface area contributed by atoms with Crippen molar-refractivity contribution < 1.29 is 19.8 Å². The lowest BCUT2D eigenvalue weighted by Crippen LogP contribution is -2.32. The van der Waals surface area contributed by atoms with E-state index in [9.17, 15) is 9.59 Å². The van der Waals surface area contributed by atoms with E-state index in [0.29, 0.717) is 0 Å². The van der Waals surface area contributed by atoms with Crippen molar-refractivity contribution in [2.75, 3.05) is 5.32 Å². The second kappa shape index (κ2) is 4.89. The molecule has 1 atom stereocenters. The van der Waals surface area contributed by atoms with Gasteiger partial charge in [-0.1, -0.05) is 0 Å². The Balaban J connectivity index is 2.67. The van der Waals surface area contributed by atoms with Crippen molar-refractivity contribution in [2.24, 2.45) is 0 Å². The van der Waals surface area contributed by atoms with Gasteiger partial charge in [-0.15, -0.1) is 0 Å². The summed E-state index contributed by atoms with van der Waals surface area (Å²) in [7, 11) is 0. The molecule has 0 bridgehead atoms. The molecule has 3 N–H and O–H groups in total. The summed E-state index contributed by atoms with van der Waals surface area (Å²) < 4.78 is 0. The number of aromatic nitrogens is 2. The van der Waals surface area contributed by atoms with Crippen LogP contribution < -0.4 is 5.32 Å². The maximum Gasteiger partial charge on any atom is 0.326 e. The average molecular weight is 211 g/mol. The Hall–Kier alpha value is -2.18.